The third-order valence-corrected chi connectivity index (χ3v) is 6.97. The normalized spacial score (nSPS) is 19.6. The molecule has 0 unspecified atom stereocenters. The highest BCUT2D eigenvalue weighted by Gasteiger charge is 2.29. The van der Waals surface area contributed by atoms with Crippen LogP contribution in [0.1, 0.15) is 25.3 Å². The van der Waals surface area contributed by atoms with Crippen LogP contribution in [0.4, 0.5) is 4.79 Å². The number of piperidine rings is 1. The third-order valence-electron chi connectivity index (χ3n) is 5.77. The Morgan fingerprint density at radius 3 is 2.28 bits per heavy atom. The summed E-state index contributed by atoms with van der Waals surface area (Å²) in [6.45, 7) is 8.66. The summed E-state index contributed by atoms with van der Waals surface area (Å²) in [5.41, 5.74) is 0.888. The highest BCUT2D eigenvalue weighted by Crippen LogP contribution is 2.22. The minimum atomic E-state index is -3.20. The summed E-state index contributed by atoms with van der Waals surface area (Å²) in [6, 6.07) is 7.91. The Hall–Kier alpha value is -1.35. The zero-order valence-corrected chi connectivity index (χ0v) is 19.0. The highest BCUT2D eigenvalue weighted by molar-refractivity contribution is 7.90. The van der Waals surface area contributed by atoms with E-state index in [1.807, 2.05) is 24.0 Å². The summed E-state index contributed by atoms with van der Waals surface area (Å²) in [5.74, 6) is 0. The van der Waals surface area contributed by atoms with E-state index in [1.165, 1.54) is 6.26 Å². The van der Waals surface area contributed by atoms with Gasteiger partial charge in [-0.05, 0) is 44.5 Å². The van der Waals surface area contributed by atoms with Crippen molar-refractivity contribution in [2.24, 2.45) is 0 Å². The van der Waals surface area contributed by atoms with E-state index in [2.05, 4.69) is 15.1 Å². The standard InChI is InChI=1S/C20H32N4O3S.ClH/c1-3-21-20(25)24-14-12-23(13-15-24)18-8-10-22(11-9-18)16-17-6-4-5-7-19(17)28(2,26)27;/h4-7,18H,3,8-16H2,1-2H3,(H,21,25);1H. The van der Waals surface area contributed by atoms with Crippen LogP contribution in [-0.4, -0.2) is 87.3 Å². The van der Waals surface area contributed by atoms with E-state index in [9.17, 15) is 13.2 Å². The van der Waals surface area contributed by atoms with Crippen LogP contribution >= 0.6 is 12.4 Å². The molecule has 29 heavy (non-hydrogen) atoms. The SMILES string of the molecule is CCNC(=O)N1CCN(C2CCN(Cc3ccccc3S(C)(=O)=O)CC2)CC1.Cl. The number of nitrogens with one attached hydrogen (secondary N) is 1. The molecule has 2 heterocycles. The minimum Gasteiger partial charge on any atom is -0.338 e. The lowest BCUT2D eigenvalue weighted by Gasteiger charge is -2.42. The number of carbonyl (C=O) groups is 1. The molecular formula is C20H33ClN4O3S. The molecule has 7 nitrogen and oxygen atoms in total. The maximum atomic E-state index is 12.0. The van der Waals surface area contributed by atoms with Gasteiger partial charge in [-0.2, -0.15) is 0 Å². The van der Waals surface area contributed by atoms with Crippen LogP contribution in [0.15, 0.2) is 29.2 Å². The molecule has 2 saturated heterocycles. The number of piperazine rings is 1. The Labute approximate surface area is 180 Å². The molecular weight excluding hydrogens is 412 g/mol. The zero-order valence-electron chi connectivity index (χ0n) is 17.3. The van der Waals surface area contributed by atoms with Gasteiger partial charge in [0.15, 0.2) is 9.84 Å². The molecule has 0 aliphatic carbocycles. The maximum absolute atomic E-state index is 12.0. The highest BCUT2D eigenvalue weighted by atomic mass is 35.5. The summed E-state index contributed by atoms with van der Waals surface area (Å²) in [7, 11) is -3.20. The second-order valence-electron chi connectivity index (χ2n) is 7.75. The van der Waals surface area contributed by atoms with Gasteiger partial charge in [-0.25, -0.2) is 13.2 Å². The van der Waals surface area contributed by atoms with Gasteiger partial charge in [-0.15, -0.1) is 12.4 Å². The van der Waals surface area contributed by atoms with E-state index in [0.717, 1.165) is 57.7 Å². The van der Waals surface area contributed by atoms with Crippen LogP contribution in [0.25, 0.3) is 0 Å². The summed E-state index contributed by atoms with van der Waals surface area (Å²) in [5, 5.41) is 2.87. The zero-order chi connectivity index (χ0) is 20.1. The lowest BCUT2D eigenvalue weighted by atomic mass is 10.0. The van der Waals surface area contributed by atoms with Gasteiger partial charge in [0, 0.05) is 51.6 Å². The number of sulfone groups is 1. The number of halogens is 1. The fourth-order valence-corrected chi connectivity index (χ4v) is 5.17. The van der Waals surface area contributed by atoms with E-state index >= 15 is 0 Å². The summed E-state index contributed by atoms with van der Waals surface area (Å²) < 4.78 is 24.0. The van der Waals surface area contributed by atoms with Crippen molar-refractivity contribution < 1.29 is 13.2 Å². The van der Waals surface area contributed by atoms with E-state index in [-0.39, 0.29) is 18.4 Å². The summed E-state index contributed by atoms with van der Waals surface area (Å²) in [6.07, 6.45) is 3.45. The van der Waals surface area contributed by atoms with E-state index in [4.69, 9.17) is 0 Å². The molecule has 1 N–H and O–H groups in total. The number of rotatable bonds is 5. The lowest BCUT2D eigenvalue weighted by Crippen LogP contribution is -2.55. The average Bonchev–Trinajstić information content (AvgIpc) is 2.68. The minimum absolute atomic E-state index is 0. The summed E-state index contributed by atoms with van der Waals surface area (Å²) >= 11 is 0. The summed E-state index contributed by atoms with van der Waals surface area (Å²) in [4.78, 5) is 19.1. The Morgan fingerprint density at radius 2 is 1.69 bits per heavy atom. The molecule has 1 aromatic carbocycles. The van der Waals surface area contributed by atoms with Gasteiger partial charge in [-0.1, -0.05) is 18.2 Å². The molecule has 1 aromatic rings. The molecule has 0 saturated carbocycles. The molecule has 3 rings (SSSR count). The topological polar surface area (TPSA) is 73.0 Å². The van der Waals surface area contributed by atoms with Crippen molar-refractivity contribution in [1.82, 2.24) is 20.0 Å². The van der Waals surface area contributed by atoms with Crippen LogP contribution in [0, 0.1) is 0 Å². The molecule has 0 radical (unpaired) electrons. The van der Waals surface area contributed by atoms with E-state index in [0.29, 0.717) is 24.0 Å². The second-order valence-corrected chi connectivity index (χ2v) is 9.73. The van der Waals surface area contributed by atoms with Crippen LogP contribution < -0.4 is 5.32 Å². The molecule has 0 atom stereocenters. The Bertz CT molecular complexity index is 774. The van der Waals surface area contributed by atoms with E-state index < -0.39 is 9.84 Å². The van der Waals surface area contributed by atoms with Gasteiger partial charge >= 0.3 is 6.03 Å². The average molecular weight is 445 g/mol. The van der Waals surface area contributed by atoms with Crippen LogP contribution in [0.5, 0.6) is 0 Å². The molecule has 2 amide bonds. The first-order valence-electron chi connectivity index (χ1n) is 10.2. The van der Waals surface area contributed by atoms with Crippen LogP contribution in [0.2, 0.25) is 0 Å². The predicted octanol–water partition coefficient (Wildman–Crippen LogP) is 1.82. The number of amides is 2. The van der Waals surface area contributed by atoms with Gasteiger partial charge in [0.2, 0.25) is 0 Å². The number of benzene rings is 1. The molecule has 2 aliphatic rings. The van der Waals surface area contributed by atoms with Crippen molar-refractivity contribution in [2.75, 3.05) is 52.1 Å². The van der Waals surface area contributed by atoms with Gasteiger partial charge < -0.3 is 10.2 Å². The van der Waals surface area contributed by atoms with Crippen molar-refractivity contribution in [3.8, 4) is 0 Å². The van der Waals surface area contributed by atoms with Crippen molar-refractivity contribution >= 4 is 28.3 Å². The Balaban J connectivity index is 0.00000300. The third kappa shape index (κ3) is 6.31. The first-order valence-corrected chi connectivity index (χ1v) is 12.0. The molecule has 0 aromatic heterocycles. The molecule has 2 fully saturated rings. The monoisotopic (exact) mass is 444 g/mol. The lowest BCUT2D eigenvalue weighted by molar-refractivity contribution is 0.0668. The Kier molecular flexibility index (Phi) is 8.75. The molecule has 0 spiro atoms. The van der Waals surface area contributed by atoms with Gasteiger partial charge in [0.25, 0.3) is 0 Å². The van der Waals surface area contributed by atoms with Crippen LogP contribution in [0.3, 0.4) is 0 Å². The number of likely N-dealkylation sites (tertiary alicyclic amines) is 1. The smallest absolute Gasteiger partial charge is 0.317 e. The fraction of sp³-hybridized carbons (Fsp3) is 0.650. The first-order chi connectivity index (χ1) is 13.4. The van der Waals surface area contributed by atoms with Crippen molar-refractivity contribution in [3.05, 3.63) is 29.8 Å². The maximum Gasteiger partial charge on any atom is 0.317 e. The van der Waals surface area contributed by atoms with Crippen molar-refractivity contribution in [1.29, 1.82) is 0 Å². The predicted molar refractivity (Wildman–Crippen MR) is 117 cm³/mol. The number of carbonyl (C=O) groups excluding carboxylic acids is 1. The second kappa shape index (κ2) is 10.6. The van der Waals surface area contributed by atoms with Crippen molar-refractivity contribution in [2.45, 2.75) is 37.2 Å². The first kappa shape index (κ1) is 23.9. The molecule has 2 aliphatic heterocycles. The quantitative estimate of drug-likeness (QED) is 0.750. The largest absolute Gasteiger partial charge is 0.338 e. The van der Waals surface area contributed by atoms with Crippen LogP contribution in [-0.2, 0) is 16.4 Å². The van der Waals surface area contributed by atoms with Gasteiger partial charge in [0.05, 0.1) is 4.90 Å². The Morgan fingerprint density at radius 1 is 1.07 bits per heavy atom. The fourth-order valence-electron chi connectivity index (χ4n) is 4.23. The molecule has 9 heteroatoms. The number of hydrogen-bond donors (Lipinski definition) is 1. The number of hydrogen-bond acceptors (Lipinski definition) is 5. The molecule has 0 bridgehead atoms. The van der Waals surface area contributed by atoms with Gasteiger partial charge in [-0.3, -0.25) is 9.80 Å². The van der Waals surface area contributed by atoms with Crippen molar-refractivity contribution in [3.63, 3.8) is 0 Å². The molecule has 164 valence electrons. The number of urea groups is 1. The van der Waals surface area contributed by atoms with E-state index in [1.54, 1.807) is 12.1 Å². The van der Waals surface area contributed by atoms with Gasteiger partial charge in [0.1, 0.15) is 0 Å². The number of nitrogens with zero attached hydrogens (tertiary/aromatic N) is 3.